The van der Waals surface area contributed by atoms with Crippen LogP contribution in [0.4, 0.5) is 0 Å². The smallest absolute Gasteiger partial charge is 0.240 e. The lowest BCUT2D eigenvalue weighted by molar-refractivity contribution is -0.120. The SMILES string of the molecule is Cc1ccc(C)n1-c1ccc(C(O)CNC(C)Cc2cccc(CC(=O)NCc3cccc(S(=O)(=O)NCc4ccccc4)c3)c2)cn1. The number of rotatable bonds is 15. The van der Waals surface area contributed by atoms with Gasteiger partial charge in [0.15, 0.2) is 0 Å². The van der Waals surface area contributed by atoms with Crippen LogP contribution in [0.15, 0.2) is 114 Å². The van der Waals surface area contributed by atoms with Gasteiger partial charge in [-0.15, -0.1) is 0 Å². The second-order valence-electron chi connectivity index (χ2n) is 12.2. The van der Waals surface area contributed by atoms with Crippen molar-refractivity contribution in [1.82, 2.24) is 24.9 Å². The lowest BCUT2D eigenvalue weighted by Gasteiger charge is -2.18. The Morgan fingerprint density at radius 3 is 2.23 bits per heavy atom. The number of nitrogens with one attached hydrogen (secondary N) is 3. The van der Waals surface area contributed by atoms with E-state index in [4.69, 9.17) is 0 Å². The third kappa shape index (κ3) is 9.48. The molecule has 2 atom stereocenters. The summed E-state index contributed by atoms with van der Waals surface area (Å²) in [6, 6.07) is 31.9. The van der Waals surface area contributed by atoms with Gasteiger partial charge in [0.1, 0.15) is 5.82 Å². The van der Waals surface area contributed by atoms with E-state index in [9.17, 15) is 18.3 Å². The predicted octanol–water partition coefficient (Wildman–Crippen LogP) is 5.08. The average Bonchev–Trinajstić information content (AvgIpc) is 3.43. The summed E-state index contributed by atoms with van der Waals surface area (Å²) in [5, 5.41) is 17.1. The molecule has 0 aliphatic rings. The van der Waals surface area contributed by atoms with Crippen molar-refractivity contribution in [2.45, 2.75) is 63.7 Å². The lowest BCUT2D eigenvalue weighted by atomic mass is 10.0. The van der Waals surface area contributed by atoms with Gasteiger partial charge >= 0.3 is 0 Å². The van der Waals surface area contributed by atoms with Gasteiger partial charge in [0, 0.05) is 48.8 Å². The van der Waals surface area contributed by atoms with Crippen molar-refractivity contribution < 1.29 is 18.3 Å². The normalized spacial score (nSPS) is 12.8. The molecule has 0 saturated heterocycles. The molecule has 0 aliphatic heterocycles. The number of hydrogen-bond acceptors (Lipinski definition) is 6. The highest BCUT2D eigenvalue weighted by Gasteiger charge is 2.15. The maximum absolute atomic E-state index is 12.8. The van der Waals surface area contributed by atoms with E-state index in [-0.39, 0.29) is 36.4 Å². The Hall–Kier alpha value is -4.61. The quantitative estimate of drug-likeness (QED) is 0.124. The largest absolute Gasteiger partial charge is 0.387 e. The monoisotopic (exact) mass is 665 g/mol. The van der Waals surface area contributed by atoms with Crippen LogP contribution in [-0.2, 0) is 40.7 Å². The first kappa shape index (κ1) is 34.7. The summed E-state index contributed by atoms with van der Waals surface area (Å²) in [7, 11) is -3.70. The molecular formula is C38H43N5O4S. The van der Waals surface area contributed by atoms with Crippen LogP contribution in [0, 0.1) is 13.8 Å². The van der Waals surface area contributed by atoms with Crippen LogP contribution < -0.4 is 15.4 Å². The van der Waals surface area contributed by atoms with Crippen LogP contribution in [0.2, 0.25) is 0 Å². The number of aliphatic hydroxyl groups excluding tert-OH is 1. The van der Waals surface area contributed by atoms with Crippen molar-refractivity contribution in [3.8, 4) is 5.82 Å². The van der Waals surface area contributed by atoms with E-state index in [0.29, 0.717) is 12.1 Å². The average molecular weight is 666 g/mol. The molecule has 2 unspecified atom stereocenters. The number of pyridine rings is 1. The number of aromatic nitrogens is 2. The number of benzene rings is 3. The summed E-state index contributed by atoms with van der Waals surface area (Å²) < 4.78 is 30.4. The number of aryl methyl sites for hydroxylation is 2. The molecule has 2 heterocycles. The number of carbonyl (C=O) groups is 1. The summed E-state index contributed by atoms with van der Waals surface area (Å²) >= 11 is 0. The molecule has 0 fully saturated rings. The first-order valence-corrected chi connectivity index (χ1v) is 17.6. The third-order valence-corrected chi connectivity index (χ3v) is 9.62. The maximum Gasteiger partial charge on any atom is 0.240 e. The zero-order chi connectivity index (χ0) is 34.1. The Bertz CT molecular complexity index is 1910. The third-order valence-electron chi connectivity index (χ3n) is 8.22. The number of carbonyl (C=O) groups excluding carboxylic acids is 1. The molecule has 9 nitrogen and oxygen atoms in total. The number of aliphatic hydroxyl groups is 1. The van der Waals surface area contributed by atoms with E-state index in [1.807, 2.05) is 80.6 Å². The van der Waals surface area contributed by atoms with Crippen LogP contribution in [0.5, 0.6) is 0 Å². The molecule has 5 aromatic rings. The molecule has 0 saturated carbocycles. The van der Waals surface area contributed by atoms with Gasteiger partial charge in [-0.05, 0) is 79.8 Å². The number of sulfonamides is 1. The molecule has 0 bridgehead atoms. The number of amides is 1. The molecule has 2 aromatic heterocycles. The highest BCUT2D eigenvalue weighted by atomic mass is 32.2. The molecule has 5 rings (SSSR count). The molecule has 0 aliphatic carbocycles. The van der Waals surface area contributed by atoms with E-state index < -0.39 is 16.1 Å². The van der Waals surface area contributed by atoms with Crippen molar-refractivity contribution in [2.24, 2.45) is 0 Å². The van der Waals surface area contributed by atoms with Crippen molar-refractivity contribution >= 4 is 15.9 Å². The first-order chi connectivity index (χ1) is 23.1. The minimum absolute atomic E-state index is 0.0897. The van der Waals surface area contributed by atoms with Crippen LogP contribution in [0.25, 0.3) is 5.82 Å². The van der Waals surface area contributed by atoms with Crippen molar-refractivity contribution in [1.29, 1.82) is 0 Å². The van der Waals surface area contributed by atoms with E-state index in [1.165, 1.54) is 0 Å². The van der Waals surface area contributed by atoms with Crippen LogP contribution in [0.3, 0.4) is 0 Å². The lowest BCUT2D eigenvalue weighted by Crippen LogP contribution is -2.32. The second kappa shape index (κ2) is 16.0. The summed E-state index contributed by atoms with van der Waals surface area (Å²) in [4.78, 5) is 17.5. The second-order valence-corrected chi connectivity index (χ2v) is 13.9. The van der Waals surface area contributed by atoms with Gasteiger partial charge in [-0.1, -0.05) is 72.8 Å². The Labute approximate surface area is 283 Å². The van der Waals surface area contributed by atoms with Gasteiger partial charge in [0.05, 0.1) is 17.4 Å². The molecular weight excluding hydrogens is 623 g/mol. The van der Waals surface area contributed by atoms with Crippen molar-refractivity contribution in [2.75, 3.05) is 6.54 Å². The van der Waals surface area contributed by atoms with Gasteiger partial charge in [0.2, 0.25) is 15.9 Å². The van der Waals surface area contributed by atoms with E-state index >= 15 is 0 Å². The molecule has 250 valence electrons. The van der Waals surface area contributed by atoms with E-state index in [1.54, 1.807) is 30.5 Å². The summed E-state index contributed by atoms with van der Waals surface area (Å²) in [5.41, 5.74) is 6.50. The minimum atomic E-state index is -3.70. The van der Waals surface area contributed by atoms with Gasteiger partial charge in [-0.2, -0.15) is 0 Å². The molecule has 10 heteroatoms. The Kier molecular flexibility index (Phi) is 11.6. The molecule has 1 amide bonds. The standard InChI is InChI=1S/C38H43N5O4S/c1-27(39-26-36(44)34-17-18-37(40-25-34)43-28(2)15-16-29(43)3)19-31-11-7-12-32(20-31)22-38(45)41-23-33-13-8-14-35(21-33)48(46,47)42-24-30-9-5-4-6-10-30/h4-18,20-21,25,27,36,39,42,44H,19,22-24,26H2,1-3H3,(H,41,45). The van der Waals surface area contributed by atoms with Gasteiger partial charge in [0.25, 0.3) is 0 Å². The fourth-order valence-corrected chi connectivity index (χ4v) is 6.70. The fourth-order valence-electron chi connectivity index (χ4n) is 5.61. The summed E-state index contributed by atoms with van der Waals surface area (Å²) in [6.45, 7) is 6.95. The Balaban J connectivity index is 1.08. The molecule has 0 radical (unpaired) electrons. The van der Waals surface area contributed by atoms with Crippen molar-refractivity contribution in [3.05, 3.63) is 149 Å². The molecule has 3 aromatic carbocycles. The molecule has 4 N–H and O–H groups in total. The highest BCUT2D eigenvalue weighted by molar-refractivity contribution is 7.89. The zero-order valence-electron chi connectivity index (χ0n) is 27.6. The summed E-state index contributed by atoms with van der Waals surface area (Å²) in [5.74, 6) is 0.673. The van der Waals surface area contributed by atoms with Gasteiger partial charge < -0.3 is 20.3 Å². The van der Waals surface area contributed by atoms with E-state index in [2.05, 4.69) is 44.0 Å². The first-order valence-electron chi connectivity index (χ1n) is 16.1. The minimum Gasteiger partial charge on any atom is -0.387 e. The van der Waals surface area contributed by atoms with Crippen molar-refractivity contribution in [3.63, 3.8) is 0 Å². The predicted molar refractivity (Wildman–Crippen MR) is 188 cm³/mol. The van der Waals surface area contributed by atoms with Crippen LogP contribution in [-0.4, -0.2) is 41.6 Å². The van der Waals surface area contributed by atoms with Crippen LogP contribution >= 0.6 is 0 Å². The Morgan fingerprint density at radius 1 is 0.812 bits per heavy atom. The number of nitrogens with zero attached hydrogens (tertiary/aromatic N) is 2. The molecule has 48 heavy (non-hydrogen) atoms. The Morgan fingerprint density at radius 2 is 1.50 bits per heavy atom. The van der Waals surface area contributed by atoms with Crippen LogP contribution in [0.1, 0.15) is 52.2 Å². The van der Waals surface area contributed by atoms with Gasteiger partial charge in [-0.3, -0.25) is 4.79 Å². The summed E-state index contributed by atoms with van der Waals surface area (Å²) in [6.07, 6.45) is 1.96. The van der Waals surface area contributed by atoms with E-state index in [0.717, 1.165) is 45.9 Å². The maximum atomic E-state index is 12.8. The highest BCUT2D eigenvalue weighted by Crippen LogP contribution is 2.18. The fraction of sp³-hybridized carbons (Fsp3) is 0.263. The zero-order valence-corrected chi connectivity index (χ0v) is 28.4. The topological polar surface area (TPSA) is 125 Å². The number of hydrogen-bond donors (Lipinski definition) is 4. The van der Waals surface area contributed by atoms with Gasteiger partial charge in [-0.25, -0.2) is 18.1 Å². The molecule has 0 spiro atoms.